The minimum atomic E-state index is 0.283. The van der Waals surface area contributed by atoms with E-state index in [1.165, 1.54) is 55.7 Å². The Labute approximate surface area is 206 Å². The highest BCUT2D eigenvalue weighted by Gasteiger charge is 2.40. The van der Waals surface area contributed by atoms with E-state index in [1.54, 1.807) is 0 Å². The van der Waals surface area contributed by atoms with Gasteiger partial charge in [0.2, 0.25) is 0 Å². The maximum Gasteiger partial charge on any atom is 0.0201 e. The Kier molecular flexibility index (Phi) is 7.08. The van der Waals surface area contributed by atoms with Gasteiger partial charge < -0.3 is 0 Å². The van der Waals surface area contributed by atoms with Gasteiger partial charge in [-0.2, -0.15) is 0 Å². The third kappa shape index (κ3) is 4.60. The molecule has 0 aromatic heterocycles. The van der Waals surface area contributed by atoms with Crippen molar-refractivity contribution < 1.29 is 0 Å². The largest absolute Gasteiger partial charge is 0.0955 e. The summed E-state index contributed by atoms with van der Waals surface area (Å²) >= 11 is 0. The first-order valence-electron chi connectivity index (χ1n) is 12.7. The molecule has 0 radical (unpaired) electrons. The fourth-order valence-corrected chi connectivity index (χ4v) is 5.68. The Morgan fingerprint density at radius 2 is 1.76 bits per heavy atom. The van der Waals surface area contributed by atoms with E-state index in [4.69, 9.17) is 0 Å². The van der Waals surface area contributed by atoms with E-state index < -0.39 is 0 Å². The summed E-state index contributed by atoms with van der Waals surface area (Å²) in [7, 11) is 0. The Hall–Kier alpha value is -3.12. The van der Waals surface area contributed by atoms with Crippen LogP contribution in [0.5, 0.6) is 0 Å². The lowest BCUT2D eigenvalue weighted by atomic mass is 9.69. The second kappa shape index (κ2) is 10.0. The Balaban J connectivity index is 1.78. The molecule has 2 aromatic rings. The van der Waals surface area contributed by atoms with Crippen LogP contribution < -0.4 is 0 Å². The van der Waals surface area contributed by atoms with Gasteiger partial charge in [-0.15, -0.1) is 0 Å². The second-order valence-electron chi connectivity index (χ2n) is 10.00. The van der Waals surface area contributed by atoms with Gasteiger partial charge in [0.25, 0.3) is 0 Å². The van der Waals surface area contributed by atoms with Gasteiger partial charge in [-0.3, -0.25) is 0 Å². The second-order valence-corrected chi connectivity index (χ2v) is 10.00. The first kappa shape index (κ1) is 24.0. The Bertz CT molecular complexity index is 1220. The lowest BCUT2D eigenvalue weighted by molar-refractivity contribution is 0.619. The van der Waals surface area contributed by atoms with E-state index >= 15 is 0 Å². The summed E-state index contributed by atoms with van der Waals surface area (Å²) in [5.74, 6) is 0.584. The van der Waals surface area contributed by atoms with Crippen LogP contribution >= 0.6 is 0 Å². The molecule has 34 heavy (non-hydrogen) atoms. The van der Waals surface area contributed by atoms with Crippen LogP contribution in [0.3, 0.4) is 0 Å². The molecule has 0 aliphatic heterocycles. The zero-order valence-corrected chi connectivity index (χ0v) is 21.4. The van der Waals surface area contributed by atoms with Crippen molar-refractivity contribution >= 4 is 11.6 Å². The molecule has 0 heterocycles. The number of benzene rings is 2. The van der Waals surface area contributed by atoms with Gasteiger partial charge in [0.15, 0.2) is 0 Å². The first-order chi connectivity index (χ1) is 16.3. The van der Waals surface area contributed by atoms with Crippen LogP contribution in [-0.4, -0.2) is 0 Å². The maximum absolute atomic E-state index is 4.67. The molecule has 2 aromatic carbocycles. The van der Waals surface area contributed by atoms with Crippen LogP contribution in [0.25, 0.3) is 11.6 Å². The van der Waals surface area contributed by atoms with Gasteiger partial charge in [0.05, 0.1) is 0 Å². The average molecular weight is 447 g/mol. The van der Waals surface area contributed by atoms with Gasteiger partial charge in [-0.25, -0.2) is 0 Å². The van der Waals surface area contributed by atoms with Crippen molar-refractivity contribution in [3.8, 4) is 0 Å². The molecule has 0 spiro atoms. The van der Waals surface area contributed by atoms with Gasteiger partial charge in [0, 0.05) is 11.8 Å². The number of rotatable bonds is 7. The fourth-order valence-electron chi connectivity index (χ4n) is 5.68. The number of hydrogen-bond acceptors (Lipinski definition) is 0. The normalized spacial score (nSPS) is 21.0. The molecule has 0 nitrogen and oxygen atoms in total. The van der Waals surface area contributed by atoms with Gasteiger partial charge in [-0.05, 0) is 83.7 Å². The highest BCUT2D eigenvalue weighted by molar-refractivity contribution is 5.70. The minimum absolute atomic E-state index is 0.283. The number of fused-ring (bicyclic) bond motifs is 1. The van der Waals surface area contributed by atoms with E-state index in [0.29, 0.717) is 5.92 Å². The smallest absolute Gasteiger partial charge is 0.0201 e. The molecule has 4 rings (SSSR count). The molecule has 1 saturated carbocycles. The van der Waals surface area contributed by atoms with Crippen molar-refractivity contribution in [1.29, 1.82) is 0 Å². The summed E-state index contributed by atoms with van der Waals surface area (Å²) in [5.41, 5.74) is 14.4. The van der Waals surface area contributed by atoms with Crippen LogP contribution in [-0.2, 0) is 6.42 Å². The molecule has 0 bridgehead atoms. The number of hydrogen-bond donors (Lipinski definition) is 0. The lowest BCUT2D eigenvalue weighted by Crippen LogP contribution is -2.21. The van der Waals surface area contributed by atoms with Crippen LogP contribution in [0.15, 0.2) is 108 Å². The molecule has 0 N–H and O–H groups in total. The summed E-state index contributed by atoms with van der Waals surface area (Å²) < 4.78 is 0. The topological polar surface area (TPSA) is 0 Å². The lowest BCUT2D eigenvalue weighted by Gasteiger charge is -2.34. The quantitative estimate of drug-likeness (QED) is 0.397. The molecule has 174 valence electrons. The molecule has 2 unspecified atom stereocenters. The van der Waals surface area contributed by atoms with Crippen LogP contribution in [0.1, 0.15) is 75.1 Å². The van der Waals surface area contributed by atoms with E-state index in [2.05, 4.69) is 108 Å². The summed E-state index contributed by atoms with van der Waals surface area (Å²) in [4.78, 5) is 0. The van der Waals surface area contributed by atoms with Crippen LogP contribution in [0, 0.1) is 5.92 Å². The zero-order valence-electron chi connectivity index (χ0n) is 21.4. The van der Waals surface area contributed by atoms with Crippen molar-refractivity contribution in [2.24, 2.45) is 5.92 Å². The molecule has 0 amide bonds. The predicted molar refractivity (Wildman–Crippen MR) is 150 cm³/mol. The summed E-state index contributed by atoms with van der Waals surface area (Å²) in [6.07, 6.45) is 8.94. The monoisotopic (exact) mass is 446 g/mol. The zero-order chi connectivity index (χ0) is 24.4. The molecular formula is C34H38. The number of aryl methyl sites for hydroxylation is 1. The highest BCUT2D eigenvalue weighted by Crippen LogP contribution is 2.55. The number of allylic oxidation sites excluding steroid dienone is 8. The van der Waals surface area contributed by atoms with Crippen molar-refractivity contribution in [3.63, 3.8) is 0 Å². The van der Waals surface area contributed by atoms with Crippen molar-refractivity contribution in [1.82, 2.24) is 0 Å². The van der Waals surface area contributed by atoms with E-state index in [1.807, 2.05) is 0 Å². The summed E-state index contributed by atoms with van der Waals surface area (Å²) in [6.45, 7) is 22.1. The molecular weight excluding hydrogens is 408 g/mol. The average Bonchev–Trinajstić information content (AvgIpc) is 3.12. The van der Waals surface area contributed by atoms with Gasteiger partial charge >= 0.3 is 0 Å². The predicted octanol–water partition coefficient (Wildman–Crippen LogP) is 9.64. The maximum atomic E-state index is 4.67. The van der Waals surface area contributed by atoms with E-state index in [-0.39, 0.29) is 5.92 Å². The van der Waals surface area contributed by atoms with Crippen molar-refractivity contribution in [2.45, 2.75) is 59.3 Å². The summed E-state index contributed by atoms with van der Waals surface area (Å²) in [6, 6.07) is 17.9. The van der Waals surface area contributed by atoms with E-state index in [9.17, 15) is 0 Å². The molecule has 1 fully saturated rings. The standard InChI is InChI=1S/C34H38/c1-8-11-23(5)32-24(6)18-31-21-30(20-27-12-10-13-29(19-27)22(3)4)25(7)33(31)34(32)28-16-14-26(9-2)15-17-28/h10,12-20,33-34H,3,5,7-9,11,21H2,1-2,4,6H3/b30-20+. The van der Waals surface area contributed by atoms with E-state index in [0.717, 1.165) is 31.3 Å². The Morgan fingerprint density at radius 1 is 1.03 bits per heavy atom. The summed E-state index contributed by atoms with van der Waals surface area (Å²) in [5, 5.41) is 0. The SMILES string of the molecule is C=C(CCC)C1=C(C)C=C2C/C(=C\c3cccc(C(=C)C)c3)C(=C)C2C1c1ccc(CC)cc1. The molecule has 2 aliphatic rings. The molecule has 0 heteroatoms. The van der Waals surface area contributed by atoms with Crippen LogP contribution in [0.4, 0.5) is 0 Å². The van der Waals surface area contributed by atoms with Crippen LogP contribution in [0.2, 0.25) is 0 Å². The third-order valence-electron chi connectivity index (χ3n) is 7.45. The first-order valence-corrected chi connectivity index (χ1v) is 12.7. The fraction of sp³-hybridized carbons (Fsp3) is 0.294. The van der Waals surface area contributed by atoms with Gasteiger partial charge in [0.1, 0.15) is 0 Å². The Morgan fingerprint density at radius 3 is 2.41 bits per heavy atom. The molecule has 2 atom stereocenters. The van der Waals surface area contributed by atoms with Crippen molar-refractivity contribution in [3.05, 3.63) is 130 Å². The van der Waals surface area contributed by atoms with Crippen molar-refractivity contribution in [2.75, 3.05) is 0 Å². The molecule has 2 aliphatic carbocycles. The third-order valence-corrected chi connectivity index (χ3v) is 7.45. The van der Waals surface area contributed by atoms with Gasteiger partial charge in [-0.1, -0.05) is 111 Å². The molecule has 0 saturated heterocycles. The highest BCUT2D eigenvalue weighted by atomic mass is 14.4. The minimum Gasteiger partial charge on any atom is -0.0955 e.